The molecule has 1 atom stereocenters. The Balaban J connectivity index is 0.00000240. The fourth-order valence-corrected chi connectivity index (χ4v) is 3.64. The first-order chi connectivity index (χ1) is 13.4. The molecule has 160 valence electrons. The molecule has 29 heavy (non-hydrogen) atoms. The summed E-state index contributed by atoms with van der Waals surface area (Å²) in [6.45, 7) is 9.51. The van der Waals surface area contributed by atoms with Crippen molar-refractivity contribution in [3.8, 4) is 11.5 Å². The van der Waals surface area contributed by atoms with Gasteiger partial charge in [-0.2, -0.15) is 0 Å². The summed E-state index contributed by atoms with van der Waals surface area (Å²) in [5.41, 5.74) is 0.726. The maximum atomic E-state index is 12.3. The Kier molecular flexibility index (Phi) is 6.65. The largest absolute Gasteiger partial charge is 0.454 e. The van der Waals surface area contributed by atoms with E-state index in [1.54, 1.807) is 4.90 Å². The van der Waals surface area contributed by atoms with Gasteiger partial charge in [0.1, 0.15) is 5.60 Å². The second-order valence-electron chi connectivity index (χ2n) is 8.30. The molecule has 1 amide bonds. The minimum Gasteiger partial charge on any atom is -0.454 e. The molecule has 8 nitrogen and oxygen atoms in total. The van der Waals surface area contributed by atoms with Crippen LogP contribution >= 0.6 is 24.0 Å². The van der Waals surface area contributed by atoms with Gasteiger partial charge in [-0.3, -0.25) is 4.99 Å². The van der Waals surface area contributed by atoms with Crippen molar-refractivity contribution in [1.29, 1.82) is 0 Å². The van der Waals surface area contributed by atoms with Crippen molar-refractivity contribution in [3.05, 3.63) is 23.8 Å². The Hall–Kier alpha value is -1.91. The molecule has 4 rings (SSSR count). The van der Waals surface area contributed by atoms with Crippen molar-refractivity contribution in [2.75, 3.05) is 39.5 Å². The summed E-state index contributed by atoms with van der Waals surface area (Å²) in [7, 11) is 0. The summed E-state index contributed by atoms with van der Waals surface area (Å²) in [6.07, 6.45) is 0.634. The SMILES string of the molecule is CC(C)(C)OC(=O)N1CCN2C(NCCc3ccc4c(c3)OCO4)=NCC2C1.I. The second-order valence-corrected chi connectivity index (χ2v) is 8.30. The van der Waals surface area contributed by atoms with Crippen LogP contribution in [-0.4, -0.2) is 73.0 Å². The first kappa shape index (κ1) is 21.8. The van der Waals surface area contributed by atoms with E-state index in [9.17, 15) is 4.79 Å². The van der Waals surface area contributed by atoms with Crippen molar-refractivity contribution in [2.24, 2.45) is 4.99 Å². The summed E-state index contributed by atoms with van der Waals surface area (Å²) in [4.78, 5) is 21.0. The quantitative estimate of drug-likeness (QED) is 0.623. The zero-order valence-electron chi connectivity index (χ0n) is 17.1. The van der Waals surface area contributed by atoms with E-state index < -0.39 is 5.60 Å². The molecule has 0 bridgehead atoms. The van der Waals surface area contributed by atoms with E-state index >= 15 is 0 Å². The number of nitrogens with zero attached hydrogens (tertiary/aromatic N) is 3. The van der Waals surface area contributed by atoms with E-state index in [1.807, 2.05) is 32.9 Å². The van der Waals surface area contributed by atoms with Gasteiger partial charge in [0.2, 0.25) is 6.79 Å². The van der Waals surface area contributed by atoms with E-state index in [4.69, 9.17) is 14.2 Å². The van der Waals surface area contributed by atoms with Crippen molar-refractivity contribution >= 4 is 36.0 Å². The number of hydrogen-bond acceptors (Lipinski definition) is 7. The number of ether oxygens (including phenoxy) is 3. The number of carbonyl (C=O) groups excluding carboxylic acids is 1. The Morgan fingerprint density at radius 1 is 1.28 bits per heavy atom. The monoisotopic (exact) mass is 516 g/mol. The van der Waals surface area contributed by atoms with Gasteiger partial charge in [-0.05, 0) is 44.9 Å². The smallest absolute Gasteiger partial charge is 0.410 e. The molecule has 1 saturated heterocycles. The first-order valence-corrected chi connectivity index (χ1v) is 9.80. The average Bonchev–Trinajstić information content (AvgIpc) is 3.26. The fraction of sp³-hybridized carbons (Fsp3) is 0.600. The third-order valence-electron chi connectivity index (χ3n) is 4.99. The predicted octanol–water partition coefficient (Wildman–Crippen LogP) is 2.46. The number of halogens is 1. The standard InChI is InChI=1S/C20H28N4O4.HI/c1-20(2,3)28-19(25)23-8-9-24-15(12-23)11-22-18(24)21-7-6-14-4-5-16-17(10-14)27-13-26-16;/h4-5,10,15H,6-9,11-13H2,1-3H3,(H,21,22);1H. The Bertz CT molecular complexity index is 780. The van der Waals surface area contributed by atoms with Crippen LogP contribution in [0.1, 0.15) is 26.3 Å². The molecule has 0 radical (unpaired) electrons. The highest BCUT2D eigenvalue weighted by molar-refractivity contribution is 14.0. The number of fused-ring (bicyclic) bond motifs is 2. The fourth-order valence-electron chi connectivity index (χ4n) is 3.64. The van der Waals surface area contributed by atoms with Crippen molar-refractivity contribution in [3.63, 3.8) is 0 Å². The second kappa shape index (κ2) is 8.85. The predicted molar refractivity (Wildman–Crippen MR) is 120 cm³/mol. The molecule has 0 aliphatic carbocycles. The summed E-state index contributed by atoms with van der Waals surface area (Å²) < 4.78 is 16.3. The van der Waals surface area contributed by atoms with Gasteiger partial charge in [0, 0.05) is 26.2 Å². The van der Waals surface area contributed by atoms with Crippen molar-refractivity contribution in [1.82, 2.24) is 15.1 Å². The highest BCUT2D eigenvalue weighted by atomic mass is 127. The van der Waals surface area contributed by atoms with Crippen LogP contribution in [0, 0.1) is 0 Å². The molecule has 1 fully saturated rings. The number of benzene rings is 1. The Labute approximate surface area is 188 Å². The van der Waals surface area contributed by atoms with Gasteiger partial charge < -0.3 is 29.3 Å². The zero-order valence-corrected chi connectivity index (χ0v) is 19.5. The molecule has 3 aliphatic heterocycles. The lowest BCUT2D eigenvalue weighted by Crippen LogP contribution is -2.57. The maximum Gasteiger partial charge on any atom is 0.410 e. The van der Waals surface area contributed by atoms with Crippen molar-refractivity contribution in [2.45, 2.75) is 38.8 Å². The first-order valence-electron chi connectivity index (χ1n) is 9.80. The topological polar surface area (TPSA) is 75.6 Å². The molecule has 3 aliphatic rings. The molecule has 1 aromatic carbocycles. The summed E-state index contributed by atoms with van der Waals surface area (Å²) in [6, 6.07) is 6.27. The van der Waals surface area contributed by atoms with Crippen LogP contribution in [0.15, 0.2) is 23.2 Å². The van der Waals surface area contributed by atoms with Gasteiger partial charge in [-0.15, -0.1) is 24.0 Å². The molecule has 1 unspecified atom stereocenters. The van der Waals surface area contributed by atoms with E-state index in [-0.39, 0.29) is 36.1 Å². The number of guanidine groups is 1. The molecular weight excluding hydrogens is 487 g/mol. The average molecular weight is 516 g/mol. The molecule has 9 heteroatoms. The molecule has 1 N–H and O–H groups in total. The van der Waals surface area contributed by atoms with Gasteiger partial charge >= 0.3 is 6.09 Å². The van der Waals surface area contributed by atoms with E-state index in [0.29, 0.717) is 26.4 Å². The minimum atomic E-state index is -0.470. The lowest BCUT2D eigenvalue weighted by atomic mass is 10.1. The summed E-state index contributed by atoms with van der Waals surface area (Å²) in [5.74, 6) is 2.55. The van der Waals surface area contributed by atoms with Crippen LogP contribution < -0.4 is 14.8 Å². The van der Waals surface area contributed by atoms with Crippen LogP contribution in [-0.2, 0) is 11.2 Å². The van der Waals surface area contributed by atoms with Gasteiger partial charge in [0.05, 0.1) is 12.6 Å². The number of piperazine rings is 1. The molecule has 0 saturated carbocycles. The minimum absolute atomic E-state index is 0. The van der Waals surface area contributed by atoms with Crippen LogP contribution in [0.5, 0.6) is 11.5 Å². The number of nitrogens with one attached hydrogen (secondary N) is 1. The van der Waals surface area contributed by atoms with E-state index in [2.05, 4.69) is 21.3 Å². The third kappa shape index (κ3) is 5.18. The number of carbonyl (C=O) groups is 1. The van der Waals surface area contributed by atoms with Crippen LogP contribution in [0.2, 0.25) is 0 Å². The normalized spacial score (nSPS) is 20.0. The molecule has 0 spiro atoms. The number of hydrogen-bond donors (Lipinski definition) is 1. The van der Waals surface area contributed by atoms with Gasteiger partial charge in [0.25, 0.3) is 0 Å². The number of rotatable bonds is 3. The zero-order chi connectivity index (χ0) is 19.7. The molecule has 3 heterocycles. The highest BCUT2D eigenvalue weighted by Gasteiger charge is 2.36. The van der Waals surface area contributed by atoms with Gasteiger partial charge in [0.15, 0.2) is 17.5 Å². The van der Waals surface area contributed by atoms with Gasteiger partial charge in [-0.25, -0.2) is 4.79 Å². The van der Waals surface area contributed by atoms with Crippen LogP contribution in [0.3, 0.4) is 0 Å². The summed E-state index contributed by atoms with van der Waals surface area (Å²) in [5, 5.41) is 3.45. The third-order valence-corrected chi connectivity index (χ3v) is 4.99. The lowest BCUT2D eigenvalue weighted by Gasteiger charge is -2.39. The highest BCUT2D eigenvalue weighted by Crippen LogP contribution is 2.32. The number of aliphatic imine (C=N–C) groups is 1. The van der Waals surface area contributed by atoms with Crippen LogP contribution in [0.25, 0.3) is 0 Å². The summed E-state index contributed by atoms with van der Waals surface area (Å²) >= 11 is 0. The maximum absolute atomic E-state index is 12.3. The lowest BCUT2D eigenvalue weighted by molar-refractivity contribution is 0.0137. The Morgan fingerprint density at radius 3 is 2.86 bits per heavy atom. The van der Waals surface area contributed by atoms with Crippen molar-refractivity contribution < 1.29 is 19.0 Å². The molecule has 0 aromatic heterocycles. The van der Waals surface area contributed by atoms with E-state index in [1.165, 1.54) is 5.56 Å². The van der Waals surface area contributed by atoms with Crippen LogP contribution in [0.4, 0.5) is 4.79 Å². The number of amides is 1. The molecular formula is C20H29IN4O4. The molecule has 1 aromatic rings. The van der Waals surface area contributed by atoms with E-state index in [0.717, 1.165) is 37.0 Å². The Morgan fingerprint density at radius 2 is 2.07 bits per heavy atom. The van der Waals surface area contributed by atoms with Gasteiger partial charge in [-0.1, -0.05) is 6.07 Å².